The first kappa shape index (κ1) is 49.4. The molecule has 0 spiro atoms. The van der Waals surface area contributed by atoms with Crippen LogP contribution in [0.25, 0.3) is 0 Å². The summed E-state index contributed by atoms with van der Waals surface area (Å²) >= 11 is 0. The van der Waals surface area contributed by atoms with Gasteiger partial charge in [0.25, 0.3) is 5.91 Å². The predicted octanol–water partition coefficient (Wildman–Crippen LogP) is 1.87. The highest BCUT2D eigenvalue weighted by Crippen LogP contribution is 2.65. The Labute approximate surface area is 369 Å². The first-order valence-electron chi connectivity index (χ1n) is 23.2. The van der Waals surface area contributed by atoms with Crippen molar-refractivity contribution in [2.45, 2.75) is 167 Å². The van der Waals surface area contributed by atoms with E-state index in [4.69, 9.17) is 20.8 Å². The molecule has 2 bridgehead atoms. The van der Waals surface area contributed by atoms with Gasteiger partial charge in [0.05, 0.1) is 23.8 Å². The van der Waals surface area contributed by atoms with Crippen molar-refractivity contribution in [2.24, 2.45) is 28.7 Å². The van der Waals surface area contributed by atoms with Crippen molar-refractivity contribution in [1.29, 1.82) is 0 Å². The number of aliphatic hydroxyl groups excluding tert-OH is 1. The van der Waals surface area contributed by atoms with E-state index in [1.54, 1.807) is 12.1 Å². The van der Waals surface area contributed by atoms with Crippen molar-refractivity contribution in [1.82, 2.24) is 31.5 Å². The number of aliphatic hydroxyl groups is 1. The van der Waals surface area contributed by atoms with Crippen LogP contribution in [0.4, 0.5) is 0 Å². The molecule has 1 aromatic rings. The number of carbonyl (C=O) groups is 5. The molecule has 346 valence electrons. The minimum atomic E-state index is -1.47. The Morgan fingerprint density at radius 3 is 2.10 bits per heavy atom. The highest BCUT2D eigenvalue weighted by atomic mass is 16.7. The standard InChI is InChI=1S/C45H75BN8O8/c1-8-9-22-54-23-18-31(19-24-54)30-13-15-32(16-14-30)40(57)52-35(17-21-48)42(59)53-38(28(3)55)43(60)49-27(2)39(56)51-34(12-10-11-20-47)41(58)50-29(4)46-61-37-26-33-25-36(44(33,5)6)45(37,7)62-46/h13-16,27-29,31,33-38,55H,8-12,17-26,47-48H2,1-7H3,(H,49,60)(H,50,58)(H,51,56)(H,52,57)(H,53,59)/t27-,28+,29-,33-,34-,35-,36-,37?,38-,45-/m0/s1. The third-order valence-corrected chi connectivity index (χ3v) is 14.3. The van der Waals surface area contributed by atoms with Gasteiger partial charge < -0.3 is 57.4 Å². The molecule has 17 heteroatoms. The van der Waals surface area contributed by atoms with Crippen molar-refractivity contribution < 1.29 is 38.4 Å². The number of unbranched alkanes of at least 4 members (excludes halogenated alkanes) is 2. The summed E-state index contributed by atoms with van der Waals surface area (Å²) < 4.78 is 12.9. The second-order valence-corrected chi connectivity index (χ2v) is 19.1. The molecule has 2 saturated heterocycles. The molecule has 16 nitrogen and oxygen atoms in total. The van der Waals surface area contributed by atoms with Crippen molar-refractivity contribution >= 4 is 36.7 Å². The normalized spacial score (nSPS) is 26.1. The molecule has 3 saturated carbocycles. The fourth-order valence-corrected chi connectivity index (χ4v) is 10.0. The van der Waals surface area contributed by atoms with Crippen LogP contribution in [0.15, 0.2) is 24.3 Å². The number of piperidine rings is 1. The average molecular weight is 867 g/mol. The number of carbonyl (C=O) groups excluding carboxylic acids is 5. The highest BCUT2D eigenvalue weighted by Gasteiger charge is 2.68. The van der Waals surface area contributed by atoms with Crippen molar-refractivity contribution in [2.75, 3.05) is 32.7 Å². The SMILES string of the molecule is CCCCN1CCC(c2ccc(C(=O)N[C@@H](CCN)C(=O)N[C@H](C(=O)N[C@@H](C)C(=O)N[C@@H](CCCCN)C(=O)N[C@@H](C)B3OC4C[C@@H]5C[C@@H](C5(C)C)[C@]4(C)O3)[C@@H](C)O)cc2)CC1. The zero-order valence-corrected chi connectivity index (χ0v) is 38.2. The van der Waals surface area contributed by atoms with E-state index < -0.39 is 78.5 Å². The van der Waals surface area contributed by atoms with Crippen LogP contribution in [0.2, 0.25) is 0 Å². The third kappa shape index (κ3) is 11.7. The van der Waals surface area contributed by atoms with Crippen molar-refractivity contribution in [3.05, 3.63) is 35.4 Å². The lowest BCUT2D eigenvalue weighted by molar-refractivity contribution is -0.199. The van der Waals surface area contributed by atoms with Gasteiger partial charge >= 0.3 is 7.12 Å². The highest BCUT2D eigenvalue weighted by molar-refractivity contribution is 6.47. The van der Waals surface area contributed by atoms with Crippen LogP contribution < -0.4 is 38.1 Å². The summed E-state index contributed by atoms with van der Waals surface area (Å²) in [4.78, 5) is 70.1. The molecule has 3 aliphatic carbocycles. The molecule has 5 aliphatic rings. The Balaban J connectivity index is 1.13. The van der Waals surface area contributed by atoms with Gasteiger partial charge in [-0.3, -0.25) is 24.0 Å². The van der Waals surface area contributed by atoms with Crippen LogP contribution >= 0.6 is 0 Å². The van der Waals surface area contributed by atoms with Crippen LogP contribution in [-0.2, 0) is 28.5 Å². The fraction of sp³-hybridized carbons (Fsp3) is 0.756. The Hall–Kier alpha value is -3.61. The van der Waals surface area contributed by atoms with E-state index >= 15 is 0 Å². The van der Waals surface area contributed by atoms with E-state index in [2.05, 4.69) is 59.2 Å². The molecule has 1 aromatic carbocycles. The van der Waals surface area contributed by atoms with Crippen molar-refractivity contribution in [3.8, 4) is 0 Å². The summed E-state index contributed by atoms with van der Waals surface area (Å²) in [7, 11) is -0.645. The summed E-state index contributed by atoms with van der Waals surface area (Å²) in [5, 5.41) is 24.2. The van der Waals surface area contributed by atoms with Gasteiger partial charge in [-0.1, -0.05) is 39.3 Å². The molecule has 2 aliphatic heterocycles. The van der Waals surface area contributed by atoms with Gasteiger partial charge in [0, 0.05) is 5.56 Å². The third-order valence-electron chi connectivity index (χ3n) is 14.3. The lowest BCUT2D eigenvalue weighted by atomic mass is 9.43. The first-order valence-corrected chi connectivity index (χ1v) is 23.2. The molecule has 10 atom stereocenters. The van der Waals surface area contributed by atoms with E-state index in [1.807, 2.05) is 19.1 Å². The Bertz CT molecular complexity index is 1690. The number of amides is 5. The minimum Gasteiger partial charge on any atom is -0.404 e. The van der Waals surface area contributed by atoms with Crippen LogP contribution in [-0.4, -0.2) is 127 Å². The van der Waals surface area contributed by atoms with E-state index in [1.165, 1.54) is 32.3 Å². The topological polar surface area (TPSA) is 239 Å². The molecule has 1 unspecified atom stereocenters. The number of nitrogens with one attached hydrogen (secondary N) is 5. The van der Waals surface area contributed by atoms with E-state index in [-0.39, 0.29) is 24.5 Å². The Morgan fingerprint density at radius 1 is 0.823 bits per heavy atom. The number of nitrogens with zero attached hydrogens (tertiary/aromatic N) is 1. The minimum absolute atomic E-state index is 0.0510. The molecule has 0 aromatic heterocycles. The van der Waals surface area contributed by atoms with Gasteiger partial charge in [-0.2, -0.15) is 0 Å². The van der Waals surface area contributed by atoms with Gasteiger partial charge in [-0.15, -0.1) is 0 Å². The number of hydrogen-bond acceptors (Lipinski definition) is 11. The van der Waals surface area contributed by atoms with Crippen LogP contribution in [0.1, 0.15) is 135 Å². The predicted molar refractivity (Wildman–Crippen MR) is 238 cm³/mol. The van der Waals surface area contributed by atoms with Crippen LogP contribution in [0.5, 0.6) is 0 Å². The molecule has 5 amide bonds. The quantitative estimate of drug-likeness (QED) is 0.0619. The number of likely N-dealkylation sites (tertiary alicyclic amines) is 1. The molecule has 62 heavy (non-hydrogen) atoms. The molecule has 0 radical (unpaired) electrons. The van der Waals surface area contributed by atoms with Gasteiger partial charge in [-0.25, -0.2) is 0 Å². The maximum Gasteiger partial charge on any atom is 0.481 e. The lowest BCUT2D eigenvalue weighted by Crippen LogP contribution is -2.65. The maximum absolute atomic E-state index is 13.7. The molecule has 10 N–H and O–H groups in total. The zero-order valence-electron chi connectivity index (χ0n) is 38.2. The Morgan fingerprint density at radius 2 is 1.48 bits per heavy atom. The molecule has 6 rings (SSSR count). The summed E-state index contributed by atoms with van der Waals surface area (Å²) in [5.74, 6) is -2.22. The number of rotatable bonds is 22. The largest absolute Gasteiger partial charge is 0.481 e. The monoisotopic (exact) mass is 867 g/mol. The fourth-order valence-electron chi connectivity index (χ4n) is 10.0. The summed E-state index contributed by atoms with van der Waals surface area (Å²) in [6.45, 7) is 17.2. The summed E-state index contributed by atoms with van der Waals surface area (Å²) in [5.41, 5.74) is 12.8. The zero-order chi connectivity index (χ0) is 45.4. The summed E-state index contributed by atoms with van der Waals surface area (Å²) in [6, 6.07) is 2.76. The average Bonchev–Trinajstić information content (AvgIpc) is 3.61. The number of hydrogen-bond donors (Lipinski definition) is 8. The smallest absolute Gasteiger partial charge is 0.404 e. The summed E-state index contributed by atoms with van der Waals surface area (Å²) in [6.07, 6.45) is 6.70. The van der Waals surface area contributed by atoms with Gasteiger partial charge in [0.1, 0.15) is 24.2 Å². The molecule has 5 fully saturated rings. The maximum atomic E-state index is 13.7. The van der Waals surface area contributed by atoms with E-state index in [9.17, 15) is 29.1 Å². The van der Waals surface area contributed by atoms with Gasteiger partial charge in [0.2, 0.25) is 23.6 Å². The number of benzene rings is 1. The molecular formula is C45H75BN8O8. The van der Waals surface area contributed by atoms with E-state index in [0.717, 1.165) is 45.3 Å². The van der Waals surface area contributed by atoms with E-state index in [0.29, 0.717) is 49.1 Å². The van der Waals surface area contributed by atoms with Crippen LogP contribution in [0.3, 0.4) is 0 Å². The lowest BCUT2D eigenvalue weighted by Gasteiger charge is -2.64. The molecular weight excluding hydrogens is 791 g/mol. The van der Waals surface area contributed by atoms with Crippen LogP contribution in [0, 0.1) is 17.3 Å². The second kappa shape index (κ2) is 21.9. The Kier molecular flexibility index (Phi) is 17.4. The van der Waals surface area contributed by atoms with Gasteiger partial charge in [0.15, 0.2) is 0 Å². The number of nitrogens with two attached hydrogens (primary N) is 2. The molecule has 2 heterocycles. The van der Waals surface area contributed by atoms with Crippen molar-refractivity contribution in [3.63, 3.8) is 0 Å². The first-order chi connectivity index (χ1) is 29.4. The van der Waals surface area contributed by atoms with Gasteiger partial charge in [-0.05, 0) is 159 Å². The second-order valence-electron chi connectivity index (χ2n) is 19.1.